The molecule has 7 nitrogen and oxygen atoms in total. The van der Waals surface area contributed by atoms with E-state index >= 15 is 0 Å². The van der Waals surface area contributed by atoms with Crippen LogP contribution in [-0.2, 0) is 14.8 Å². The van der Waals surface area contributed by atoms with E-state index in [1.165, 1.54) is 36.4 Å². The Kier molecular flexibility index (Phi) is 7.73. The molecule has 0 aliphatic heterocycles. The van der Waals surface area contributed by atoms with Gasteiger partial charge in [0.05, 0.1) is 21.4 Å². The number of para-hydroxylation sites is 1. The first-order valence-corrected chi connectivity index (χ1v) is 11.9. The number of amides is 2. The minimum absolute atomic E-state index is 0.0701. The van der Waals surface area contributed by atoms with Gasteiger partial charge in [-0.15, -0.1) is 11.8 Å². The summed E-state index contributed by atoms with van der Waals surface area (Å²) < 4.78 is 40.9. The fraction of sp³-hybridized carbons (Fsp3) is 0.0476. The van der Waals surface area contributed by atoms with Gasteiger partial charge in [-0.25, -0.2) is 12.8 Å². The van der Waals surface area contributed by atoms with Crippen LogP contribution in [0.15, 0.2) is 82.6 Å². The highest BCUT2D eigenvalue weighted by Gasteiger charge is 2.17. The number of hydrogen-bond acceptors (Lipinski definition) is 5. The zero-order valence-electron chi connectivity index (χ0n) is 16.3. The van der Waals surface area contributed by atoms with Crippen molar-refractivity contribution in [2.45, 2.75) is 9.79 Å². The Morgan fingerprint density at radius 2 is 1.56 bits per heavy atom. The van der Waals surface area contributed by atoms with Gasteiger partial charge in [-0.2, -0.15) is 0 Å². The number of carbonyl (C=O) groups excluding carboxylic acids is 2. The molecule has 166 valence electrons. The van der Waals surface area contributed by atoms with Crippen molar-refractivity contribution in [3.05, 3.63) is 89.2 Å². The van der Waals surface area contributed by atoms with E-state index in [0.717, 1.165) is 11.8 Å². The van der Waals surface area contributed by atoms with Crippen molar-refractivity contribution in [1.29, 1.82) is 0 Å². The molecule has 0 saturated carbocycles. The molecular formula is C21H17ClFN3O4S2. The molecule has 0 radical (unpaired) electrons. The average molecular weight is 494 g/mol. The molecule has 2 amide bonds. The van der Waals surface area contributed by atoms with Crippen molar-refractivity contribution in [3.63, 3.8) is 0 Å². The lowest BCUT2D eigenvalue weighted by molar-refractivity contribution is -0.119. The Morgan fingerprint density at radius 3 is 2.25 bits per heavy atom. The Bertz CT molecular complexity index is 1240. The van der Waals surface area contributed by atoms with Gasteiger partial charge in [-0.05, 0) is 48.5 Å². The molecule has 0 unspecified atom stereocenters. The van der Waals surface area contributed by atoms with Crippen LogP contribution in [0.4, 0.5) is 10.1 Å². The van der Waals surface area contributed by atoms with Crippen LogP contribution in [0.1, 0.15) is 10.4 Å². The van der Waals surface area contributed by atoms with Crippen LogP contribution >= 0.6 is 23.4 Å². The van der Waals surface area contributed by atoms with Gasteiger partial charge in [0.2, 0.25) is 5.91 Å². The number of nitrogens with one attached hydrogen (secondary N) is 3. The van der Waals surface area contributed by atoms with Gasteiger partial charge in [0.15, 0.2) is 0 Å². The second-order valence-corrected chi connectivity index (χ2v) is 9.44. The summed E-state index contributed by atoms with van der Waals surface area (Å²) in [5, 5.41) is 0.246. The normalized spacial score (nSPS) is 10.9. The van der Waals surface area contributed by atoms with Crippen LogP contribution in [0.5, 0.6) is 0 Å². The molecule has 3 N–H and O–H groups in total. The Morgan fingerprint density at radius 1 is 0.906 bits per heavy atom. The molecule has 0 aliphatic rings. The Labute approximate surface area is 193 Å². The molecule has 32 heavy (non-hydrogen) atoms. The SMILES string of the molecule is O=C(CSc1ccccc1F)NNC(=O)c1ccc(S(=O)(=O)Nc2ccccc2Cl)cc1. The third-order valence-electron chi connectivity index (χ3n) is 4.06. The number of hydrogen-bond donors (Lipinski definition) is 3. The standard InChI is InChI=1S/C21H17ClFN3O4S2/c22-16-5-1-3-7-18(16)26-32(29,30)15-11-9-14(10-12-15)21(28)25-24-20(27)13-31-19-8-4-2-6-17(19)23/h1-12,26H,13H2,(H,24,27)(H,25,28). The number of thioether (sulfide) groups is 1. The fourth-order valence-corrected chi connectivity index (χ4v) is 4.53. The van der Waals surface area contributed by atoms with Crippen LogP contribution in [0.2, 0.25) is 5.02 Å². The fourth-order valence-electron chi connectivity index (χ4n) is 2.47. The third-order valence-corrected chi connectivity index (χ3v) is 6.82. The summed E-state index contributed by atoms with van der Waals surface area (Å²) in [6.07, 6.45) is 0. The van der Waals surface area contributed by atoms with Crippen LogP contribution in [0.3, 0.4) is 0 Å². The van der Waals surface area contributed by atoms with Crippen molar-refractivity contribution in [1.82, 2.24) is 10.9 Å². The number of anilines is 1. The lowest BCUT2D eigenvalue weighted by Crippen LogP contribution is -2.42. The van der Waals surface area contributed by atoms with Gasteiger partial charge in [-0.1, -0.05) is 35.9 Å². The number of rotatable bonds is 7. The molecule has 0 fully saturated rings. The number of benzene rings is 3. The lowest BCUT2D eigenvalue weighted by atomic mass is 10.2. The lowest BCUT2D eigenvalue weighted by Gasteiger charge is -2.10. The molecule has 0 spiro atoms. The van der Waals surface area contributed by atoms with E-state index in [1.807, 2.05) is 0 Å². The van der Waals surface area contributed by atoms with Crippen molar-refractivity contribution in [3.8, 4) is 0 Å². The maximum atomic E-state index is 13.6. The molecule has 11 heteroatoms. The van der Waals surface area contributed by atoms with Gasteiger partial charge in [0.1, 0.15) is 5.82 Å². The molecule has 3 aromatic rings. The summed E-state index contributed by atoms with van der Waals surface area (Å²) in [6, 6.07) is 17.5. The summed E-state index contributed by atoms with van der Waals surface area (Å²) in [5.74, 6) is -1.72. The van der Waals surface area contributed by atoms with E-state index in [-0.39, 0.29) is 26.9 Å². The molecule has 0 atom stereocenters. The van der Waals surface area contributed by atoms with Gasteiger partial charge in [0, 0.05) is 10.5 Å². The van der Waals surface area contributed by atoms with Crippen LogP contribution < -0.4 is 15.6 Å². The van der Waals surface area contributed by atoms with Crippen LogP contribution in [0, 0.1) is 5.82 Å². The van der Waals surface area contributed by atoms with Crippen molar-refractivity contribution in [2.24, 2.45) is 0 Å². The summed E-state index contributed by atoms with van der Waals surface area (Å²) in [5.41, 5.74) is 4.81. The second kappa shape index (κ2) is 10.5. The maximum absolute atomic E-state index is 13.6. The molecule has 0 bridgehead atoms. The molecule has 0 saturated heterocycles. The highest BCUT2D eigenvalue weighted by atomic mass is 35.5. The third kappa shape index (κ3) is 6.22. The second-order valence-electron chi connectivity index (χ2n) is 6.33. The average Bonchev–Trinajstić information content (AvgIpc) is 2.78. The smallest absolute Gasteiger partial charge is 0.269 e. The maximum Gasteiger partial charge on any atom is 0.269 e. The van der Waals surface area contributed by atoms with E-state index in [9.17, 15) is 22.4 Å². The van der Waals surface area contributed by atoms with E-state index < -0.39 is 27.7 Å². The topological polar surface area (TPSA) is 104 Å². The Hall–Kier alpha value is -3.08. The highest BCUT2D eigenvalue weighted by Crippen LogP contribution is 2.24. The molecule has 0 aromatic heterocycles. The summed E-state index contributed by atoms with van der Waals surface area (Å²) in [4.78, 5) is 24.3. The highest BCUT2D eigenvalue weighted by molar-refractivity contribution is 8.00. The van der Waals surface area contributed by atoms with E-state index in [2.05, 4.69) is 15.6 Å². The zero-order valence-corrected chi connectivity index (χ0v) is 18.7. The van der Waals surface area contributed by atoms with Crippen molar-refractivity contribution in [2.75, 3.05) is 10.5 Å². The van der Waals surface area contributed by atoms with Gasteiger partial charge < -0.3 is 0 Å². The van der Waals surface area contributed by atoms with Gasteiger partial charge in [0.25, 0.3) is 15.9 Å². The Balaban J connectivity index is 1.55. The summed E-state index contributed by atoms with van der Waals surface area (Å²) >= 11 is 6.96. The van der Waals surface area contributed by atoms with Crippen molar-refractivity contribution >= 4 is 50.9 Å². The zero-order chi connectivity index (χ0) is 23.1. The minimum atomic E-state index is -3.91. The van der Waals surface area contributed by atoms with Gasteiger partial charge in [-0.3, -0.25) is 25.2 Å². The van der Waals surface area contributed by atoms with E-state index in [4.69, 9.17) is 11.6 Å². The molecule has 3 aromatic carbocycles. The van der Waals surface area contributed by atoms with Crippen LogP contribution in [-0.4, -0.2) is 26.0 Å². The van der Waals surface area contributed by atoms with E-state index in [0.29, 0.717) is 4.90 Å². The largest absolute Gasteiger partial charge is 0.278 e. The molecular weight excluding hydrogens is 477 g/mol. The van der Waals surface area contributed by atoms with Crippen LogP contribution in [0.25, 0.3) is 0 Å². The first-order valence-electron chi connectivity index (χ1n) is 9.10. The summed E-state index contributed by atoms with van der Waals surface area (Å²) in [6.45, 7) is 0. The van der Waals surface area contributed by atoms with E-state index in [1.54, 1.807) is 36.4 Å². The molecule has 0 heterocycles. The number of carbonyl (C=O) groups is 2. The van der Waals surface area contributed by atoms with Crippen molar-refractivity contribution < 1.29 is 22.4 Å². The van der Waals surface area contributed by atoms with Gasteiger partial charge >= 0.3 is 0 Å². The first-order chi connectivity index (χ1) is 15.3. The predicted molar refractivity (Wildman–Crippen MR) is 121 cm³/mol. The monoisotopic (exact) mass is 493 g/mol. The predicted octanol–water partition coefficient (Wildman–Crippen LogP) is 3.83. The number of halogens is 2. The quantitative estimate of drug-likeness (QED) is 0.343. The first kappa shape index (κ1) is 23.6. The number of hydrazine groups is 1. The summed E-state index contributed by atoms with van der Waals surface area (Å²) in [7, 11) is -3.91. The molecule has 3 rings (SSSR count). The minimum Gasteiger partial charge on any atom is -0.278 e. The number of sulfonamides is 1. The molecule has 0 aliphatic carbocycles.